The van der Waals surface area contributed by atoms with Gasteiger partial charge in [-0.25, -0.2) is 0 Å². The summed E-state index contributed by atoms with van der Waals surface area (Å²) < 4.78 is 0. The van der Waals surface area contributed by atoms with E-state index in [2.05, 4.69) is 6.92 Å². The van der Waals surface area contributed by atoms with E-state index < -0.39 is 0 Å². The normalized spacial score (nSPS) is 12.3. The van der Waals surface area contributed by atoms with Gasteiger partial charge in [-0.15, -0.1) is 0 Å². The van der Waals surface area contributed by atoms with Crippen LogP contribution in [0.2, 0.25) is 0 Å². The zero-order valence-electron chi connectivity index (χ0n) is 13.9. The van der Waals surface area contributed by atoms with Crippen molar-refractivity contribution in [3.8, 4) is 0 Å². The number of unbranched alkanes of at least 4 members (excludes halogenated alkanes) is 8. The monoisotopic (exact) mass is 282 g/mol. The van der Waals surface area contributed by atoms with Crippen LogP contribution in [0.15, 0.2) is 0 Å². The molecule has 0 aliphatic rings. The van der Waals surface area contributed by atoms with Gasteiger partial charge in [-0.05, 0) is 26.7 Å². The first-order valence-electron chi connectivity index (χ1n) is 8.57. The minimum Gasteiger partial charge on any atom is -0.300 e. The molecule has 0 aliphatic carbocycles. The van der Waals surface area contributed by atoms with Gasteiger partial charge in [0, 0.05) is 12.3 Å². The van der Waals surface area contributed by atoms with Crippen LogP contribution in [0.1, 0.15) is 97.8 Å². The van der Waals surface area contributed by atoms with E-state index in [0.717, 1.165) is 19.3 Å². The van der Waals surface area contributed by atoms with E-state index in [1.165, 1.54) is 51.4 Å². The molecule has 0 N–H and O–H groups in total. The summed E-state index contributed by atoms with van der Waals surface area (Å²) in [5.41, 5.74) is 0. The molecule has 0 fully saturated rings. The highest BCUT2D eigenvalue weighted by Crippen LogP contribution is 2.18. The summed E-state index contributed by atoms with van der Waals surface area (Å²) in [5, 5.41) is 0. The van der Waals surface area contributed by atoms with Gasteiger partial charge in [-0.3, -0.25) is 4.79 Å². The second kappa shape index (κ2) is 13.3. The first kappa shape index (κ1) is 19.3. The fourth-order valence-corrected chi connectivity index (χ4v) is 2.63. The Labute approximate surface area is 125 Å². The Morgan fingerprint density at radius 1 is 0.750 bits per heavy atom. The minimum absolute atomic E-state index is 0.114. The number of carbonyl (C=O) groups is 2. The summed E-state index contributed by atoms with van der Waals surface area (Å²) in [4.78, 5) is 22.5. The van der Waals surface area contributed by atoms with Crippen LogP contribution in [0.3, 0.4) is 0 Å². The number of rotatable bonds is 14. The van der Waals surface area contributed by atoms with Gasteiger partial charge in [-0.1, -0.05) is 64.7 Å². The van der Waals surface area contributed by atoms with Crippen molar-refractivity contribution in [2.45, 2.75) is 97.8 Å². The maximum Gasteiger partial charge on any atom is 0.132 e. The van der Waals surface area contributed by atoms with Crippen LogP contribution >= 0.6 is 0 Å². The average molecular weight is 282 g/mol. The lowest BCUT2D eigenvalue weighted by Gasteiger charge is -2.12. The van der Waals surface area contributed by atoms with Crippen molar-refractivity contribution in [3.63, 3.8) is 0 Å². The van der Waals surface area contributed by atoms with Gasteiger partial charge < -0.3 is 4.79 Å². The molecule has 20 heavy (non-hydrogen) atoms. The highest BCUT2D eigenvalue weighted by atomic mass is 16.1. The molecule has 0 aliphatic heterocycles. The Balaban J connectivity index is 3.49. The van der Waals surface area contributed by atoms with Crippen LogP contribution in [0.4, 0.5) is 0 Å². The fraction of sp³-hybridized carbons (Fsp3) is 0.889. The molecule has 0 saturated heterocycles. The predicted molar refractivity (Wildman–Crippen MR) is 85.9 cm³/mol. The number of ketones is 2. The van der Waals surface area contributed by atoms with Crippen molar-refractivity contribution in [1.82, 2.24) is 0 Å². The van der Waals surface area contributed by atoms with Gasteiger partial charge in [0.1, 0.15) is 11.6 Å². The molecule has 0 amide bonds. The SMILES string of the molecule is CCCCCCCCCCCC(CCC(C)=O)C(C)=O. The Kier molecular flexibility index (Phi) is 12.9. The molecule has 0 bridgehead atoms. The highest BCUT2D eigenvalue weighted by Gasteiger charge is 2.14. The summed E-state index contributed by atoms with van der Waals surface area (Å²) in [6, 6.07) is 0. The highest BCUT2D eigenvalue weighted by molar-refractivity contribution is 5.80. The Bertz CT molecular complexity index is 258. The van der Waals surface area contributed by atoms with E-state index in [1.807, 2.05) is 0 Å². The Morgan fingerprint density at radius 3 is 1.70 bits per heavy atom. The van der Waals surface area contributed by atoms with Crippen molar-refractivity contribution >= 4 is 11.6 Å². The molecule has 0 rings (SSSR count). The van der Waals surface area contributed by atoms with Gasteiger partial charge in [0.2, 0.25) is 0 Å². The topological polar surface area (TPSA) is 34.1 Å². The molecule has 0 aromatic heterocycles. The molecule has 1 atom stereocenters. The number of carbonyl (C=O) groups excluding carboxylic acids is 2. The molecule has 0 aromatic carbocycles. The molecule has 2 nitrogen and oxygen atoms in total. The lowest BCUT2D eigenvalue weighted by molar-refractivity contribution is -0.121. The maximum atomic E-state index is 11.5. The summed E-state index contributed by atoms with van der Waals surface area (Å²) in [6.07, 6.45) is 14.1. The molecule has 0 spiro atoms. The summed E-state index contributed by atoms with van der Waals surface area (Å²) in [5.74, 6) is 0.567. The van der Waals surface area contributed by atoms with Crippen molar-refractivity contribution < 1.29 is 9.59 Å². The predicted octanol–water partition coefficient (Wildman–Crippen LogP) is 5.48. The lowest BCUT2D eigenvalue weighted by atomic mass is 9.92. The first-order valence-corrected chi connectivity index (χ1v) is 8.57. The zero-order chi connectivity index (χ0) is 15.2. The van der Waals surface area contributed by atoms with Gasteiger partial charge in [0.15, 0.2) is 0 Å². The van der Waals surface area contributed by atoms with Crippen molar-refractivity contribution in [2.24, 2.45) is 5.92 Å². The van der Waals surface area contributed by atoms with Crippen LogP contribution in [-0.2, 0) is 9.59 Å². The van der Waals surface area contributed by atoms with Gasteiger partial charge in [-0.2, -0.15) is 0 Å². The van der Waals surface area contributed by atoms with Crippen LogP contribution < -0.4 is 0 Å². The third kappa shape index (κ3) is 12.4. The standard InChI is InChI=1S/C18H34O2/c1-4-5-6-7-8-9-10-11-12-13-18(17(3)20)15-14-16(2)19/h18H,4-15H2,1-3H3. The molecule has 118 valence electrons. The summed E-state index contributed by atoms with van der Waals surface area (Å²) in [6.45, 7) is 5.52. The second-order valence-corrected chi connectivity index (χ2v) is 6.17. The lowest BCUT2D eigenvalue weighted by Crippen LogP contribution is -2.12. The largest absolute Gasteiger partial charge is 0.300 e. The van der Waals surface area contributed by atoms with E-state index >= 15 is 0 Å². The van der Waals surface area contributed by atoms with E-state index in [0.29, 0.717) is 6.42 Å². The van der Waals surface area contributed by atoms with E-state index in [-0.39, 0.29) is 17.5 Å². The summed E-state index contributed by atoms with van der Waals surface area (Å²) in [7, 11) is 0. The molecule has 0 aromatic rings. The quantitative estimate of drug-likeness (QED) is 0.395. The zero-order valence-corrected chi connectivity index (χ0v) is 13.9. The molecular formula is C18H34O2. The second-order valence-electron chi connectivity index (χ2n) is 6.17. The van der Waals surface area contributed by atoms with Crippen molar-refractivity contribution in [1.29, 1.82) is 0 Å². The van der Waals surface area contributed by atoms with Crippen molar-refractivity contribution in [2.75, 3.05) is 0 Å². The molecular weight excluding hydrogens is 248 g/mol. The van der Waals surface area contributed by atoms with Crippen LogP contribution in [0.5, 0.6) is 0 Å². The molecule has 0 radical (unpaired) electrons. The number of hydrogen-bond donors (Lipinski definition) is 0. The van der Waals surface area contributed by atoms with E-state index in [9.17, 15) is 9.59 Å². The molecule has 2 heteroatoms. The van der Waals surface area contributed by atoms with Crippen LogP contribution in [-0.4, -0.2) is 11.6 Å². The number of hydrogen-bond acceptors (Lipinski definition) is 2. The van der Waals surface area contributed by atoms with Crippen molar-refractivity contribution in [3.05, 3.63) is 0 Å². The minimum atomic E-state index is 0.114. The number of Topliss-reactive ketones (excluding diaryl/α,β-unsaturated/α-hetero) is 2. The van der Waals surface area contributed by atoms with Crippen LogP contribution in [0.25, 0.3) is 0 Å². The van der Waals surface area contributed by atoms with Crippen LogP contribution in [0, 0.1) is 5.92 Å². The van der Waals surface area contributed by atoms with Gasteiger partial charge >= 0.3 is 0 Å². The average Bonchev–Trinajstić information content (AvgIpc) is 2.39. The van der Waals surface area contributed by atoms with E-state index in [4.69, 9.17) is 0 Å². The third-order valence-electron chi connectivity index (χ3n) is 4.08. The smallest absolute Gasteiger partial charge is 0.132 e. The maximum absolute atomic E-state index is 11.5. The fourth-order valence-electron chi connectivity index (χ4n) is 2.63. The third-order valence-corrected chi connectivity index (χ3v) is 4.08. The Hall–Kier alpha value is -0.660. The molecule has 0 saturated carbocycles. The summed E-state index contributed by atoms with van der Waals surface area (Å²) >= 11 is 0. The van der Waals surface area contributed by atoms with Gasteiger partial charge in [0.05, 0.1) is 0 Å². The molecule has 0 heterocycles. The molecule has 1 unspecified atom stereocenters. The Morgan fingerprint density at radius 2 is 1.25 bits per heavy atom. The van der Waals surface area contributed by atoms with Gasteiger partial charge in [0.25, 0.3) is 0 Å². The first-order chi connectivity index (χ1) is 9.57. The van der Waals surface area contributed by atoms with E-state index in [1.54, 1.807) is 13.8 Å².